The predicted molar refractivity (Wildman–Crippen MR) is 90.9 cm³/mol. The molecule has 2 aromatic carbocycles. The number of nitrogens with zero attached hydrogens (tertiary/aromatic N) is 2. The third kappa shape index (κ3) is 3.41. The minimum Gasteiger partial charge on any atom is -0.474 e. The molecule has 1 heterocycles. The summed E-state index contributed by atoms with van der Waals surface area (Å²) in [4.78, 5) is 28.2. The lowest BCUT2D eigenvalue weighted by atomic mass is 10.1. The van der Waals surface area contributed by atoms with Crippen LogP contribution in [0.5, 0.6) is 5.75 Å². The number of carbonyl (C=O) groups is 1. The molecule has 0 aliphatic carbocycles. The standard InChI is InChI=1S/C17H13F2N3O5/c1-8-5-10(6-9(2)14(8)27-17(18,19)16(23)24)15-20-12-4-3-11(22(25)26)7-13(12)21-15/h3-7H,1-2H3,(H,20,21)(H,23,24). The Morgan fingerprint density at radius 3 is 2.44 bits per heavy atom. The van der Waals surface area contributed by atoms with E-state index in [1.807, 2.05) is 0 Å². The van der Waals surface area contributed by atoms with E-state index in [-0.39, 0.29) is 22.6 Å². The third-order valence-electron chi connectivity index (χ3n) is 3.89. The summed E-state index contributed by atoms with van der Waals surface area (Å²) in [6.07, 6.45) is -4.35. The van der Waals surface area contributed by atoms with Crippen LogP contribution in [0.3, 0.4) is 0 Å². The van der Waals surface area contributed by atoms with Gasteiger partial charge in [0, 0.05) is 17.7 Å². The van der Waals surface area contributed by atoms with Crippen LogP contribution in [0.25, 0.3) is 22.4 Å². The second-order valence-electron chi connectivity index (χ2n) is 5.91. The van der Waals surface area contributed by atoms with E-state index in [1.54, 1.807) is 0 Å². The Morgan fingerprint density at radius 2 is 1.89 bits per heavy atom. The van der Waals surface area contributed by atoms with Gasteiger partial charge >= 0.3 is 12.1 Å². The molecular weight excluding hydrogens is 364 g/mol. The number of benzene rings is 2. The van der Waals surface area contributed by atoms with Crippen LogP contribution in [0.2, 0.25) is 0 Å². The number of halogens is 2. The van der Waals surface area contributed by atoms with Crippen LogP contribution in [-0.2, 0) is 4.79 Å². The van der Waals surface area contributed by atoms with Crippen molar-refractivity contribution in [1.82, 2.24) is 9.97 Å². The molecule has 0 aliphatic heterocycles. The number of hydrogen-bond acceptors (Lipinski definition) is 5. The molecule has 2 N–H and O–H groups in total. The molecular formula is C17H13F2N3O5. The Kier molecular flexibility index (Phi) is 4.26. The maximum Gasteiger partial charge on any atom is 0.501 e. The highest BCUT2D eigenvalue weighted by Crippen LogP contribution is 2.33. The Morgan fingerprint density at radius 1 is 1.26 bits per heavy atom. The van der Waals surface area contributed by atoms with Gasteiger partial charge in [0.15, 0.2) is 0 Å². The topological polar surface area (TPSA) is 118 Å². The van der Waals surface area contributed by atoms with Crippen molar-refractivity contribution in [2.24, 2.45) is 0 Å². The summed E-state index contributed by atoms with van der Waals surface area (Å²) in [5.41, 5.74) is 1.98. The van der Waals surface area contributed by atoms with Crippen LogP contribution in [0.15, 0.2) is 30.3 Å². The minimum atomic E-state index is -4.35. The largest absolute Gasteiger partial charge is 0.501 e. The van der Waals surface area contributed by atoms with Crippen molar-refractivity contribution >= 4 is 22.7 Å². The SMILES string of the molecule is Cc1cc(-c2nc3ccc([N+](=O)[O-])cc3[nH]2)cc(C)c1OC(F)(F)C(=O)O. The van der Waals surface area contributed by atoms with Gasteiger partial charge in [0.1, 0.15) is 11.6 Å². The van der Waals surface area contributed by atoms with Crippen LogP contribution in [-0.4, -0.2) is 32.1 Å². The number of nitro benzene ring substituents is 1. The fourth-order valence-electron chi connectivity index (χ4n) is 2.67. The summed E-state index contributed by atoms with van der Waals surface area (Å²) in [6, 6.07) is 7.18. The predicted octanol–water partition coefficient (Wildman–Crippen LogP) is 3.81. The van der Waals surface area contributed by atoms with Gasteiger partial charge in [-0.15, -0.1) is 0 Å². The van der Waals surface area contributed by atoms with Gasteiger partial charge in [-0.3, -0.25) is 10.1 Å². The lowest BCUT2D eigenvalue weighted by Crippen LogP contribution is -2.35. The number of hydrogen-bond donors (Lipinski definition) is 2. The minimum absolute atomic E-state index is 0.0929. The van der Waals surface area contributed by atoms with Crippen LogP contribution >= 0.6 is 0 Å². The van der Waals surface area contributed by atoms with Crippen molar-refractivity contribution in [3.8, 4) is 17.1 Å². The number of alkyl halides is 2. The van der Waals surface area contributed by atoms with Gasteiger partial charge in [0.05, 0.1) is 16.0 Å². The van der Waals surface area contributed by atoms with Crippen molar-refractivity contribution < 1.29 is 28.3 Å². The maximum atomic E-state index is 13.4. The van der Waals surface area contributed by atoms with Gasteiger partial charge in [-0.05, 0) is 43.2 Å². The molecule has 3 aromatic rings. The number of imidazole rings is 1. The highest BCUT2D eigenvalue weighted by molar-refractivity contribution is 5.82. The van der Waals surface area contributed by atoms with Crippen molar-refractivity contribution in [2.45, 2.75) is 20.0 Å². The zero-order valence-corrected chi connectivity index (χ0v) is 14.1. The maximum absolute atomic E-state index is 13.4. The molecule has 0 amide bonds. The molecule has 8 nitrogen and oxygen atoms in total. The van der Waals surface area contributed by atoms with Crippen LogP contribution < -0.4 is 4.74 Å². The first-order valence-corrected chi connectivity index (χ1v) is 7.64. The lowest BCUT2D eigenvalue weighted by molar-refractivity contribution is -0.384. The fourth-order valence-corrected chi connectivity index (χ4v) is 2.67. The number of carboxylic acid groups (broad SMARTS) is 1. The summed E-state index contributed by atoms with van der Waals surface area (Å²) in [7, 11) is 0. The zero-order valence-electron chi connectivity index (χ0n) is 14.1. The molecule has 0 bridgehead atoms. The lowest BCUT2D eigenvalue weighted by Gasteiger charge is -2.17. The highest BCUT2D eigenvalue weighted by Gasteiger charge is 2.43. The van der Waals surface area contributed by atoms with Crippen molar-refractivity contribution in [3.63, 3.8) is 0 Å². The first-order chi connectivity index (χ1) is 12.6. The Balaban J connectivity index is 2.02. The van der Waals surface area contributed by atoms with Gasteiger partial charge in [0.25, 0.3) is 5.69 Å². The summed E-state index contributed by atoms with van der Waals surface area (Å²) in [5.74, 6) is -2.24. The van der Waals surface area contributed by atoms with E-state index in [0.717, 1.165) is 0 Å². The number of carboxylic acids is 1. The molecule has 0 fully saturated rings. The van der Waals surface area contributed by atoms with Crippen LogP contribution in [0.4, 0.5) is 14.5 Å². The molecule has 0 saturated heterocycles. The normalized spacial score (nSPS) is 11.6. The Labute approximate surface area is 150 Å². The monoisotopic (exact) mass is 377 g/mol. The first-order valence-electron chi connectivity index (χ1n) is 7.64. The molecule has 0 unspecified atom stereocenters. The Hall–Kier alpha value is -3.56. The second-order valence-corrected chi connectivity index (χ2v) is 5.91. The van der Waals surface area contributed by atoms with E-state index in [9.17, 15) is 23.7 Å². The van der Waals surface area contributed by atoms with Gasteiger partial charge in [-0.25, -0.2) is 9.78 Å². The van der Waals surface area contributed by atoms with Gasteiger partial charge in [-0.1, -0.05) is 0 Å². The fraction of sp³-hybridized carbons (Fsp3) is 0.176. The molecule has 0 radical (unpaired) electrons. The molecule has 27 heavy (non-hydrogen) atoms. The molecule has 0 saturated carbocycles. The Bertz CT molecular complexity index is 1050. The number of aromatic nitrogens is 2. The van der Waals surface area contributed by atoms with Gasteiger partial charge in [-0.2, -0.15) is 8.78 Å². The molecule has 0 atom stereocenters. The van der Waals surface area contributed by atoms with Gasteiger partial charge < -0.3 is 14.8 Å². The number of aliphatic carboxylic acids is 1. The summed E-state index contributed by atoms with van der Waals surface area (Å²) < 4.78 is 31.1. The van der Waals surface area contributed by atoms with Crippen LogP contribution in [0.1, 0.15) is 11.1 Å². The number of H-pyrrole nitrogens is 1. The van der Waals surface area contributed by atoms with Crippen molar-refractivity contribution in [3.05, 3.63) is 51.6 Å². The number of non-ortho nitro benzene ring substituents is 1. The summed E-state index contributed by atoms with van der Waals surface area (Å²) in [6.45, 7) is 2.99. The van der Waals surface area contributed by atoms with E-state index in [4.69, 9.17) is 5.11 Å². The third-order valence-corrected chi connectivity index (χ3v) is 3.89. The van der Waals surface area contributed by atoms with Crippen LogP contribution in [0, 0.1) is 24.0 Å². The summed E-state index contributed by atoms with van der Waals surface area (Å²) >= 11 is 0. The molecule has 1 aromatic heterocycles. The molecule has 0 spiro atoms. The molecule has 3 rings (SSSR count). The number of ether oxygens (including phenoxy) is 1. The molecule has 10 heteroatoms. The van der Waals surface area contributed by atoms with E-state index in [2.05, 4.69) is 14.7 Å². The zero-order chi connectivity index (χ0) is 19.9. The average Bonchev–Trinajstić information content (AvgIpc) is 3.00. The quantitative estimate of drug-likeness (QED) is 0.515. The van der Waals surface area contributed by atoms with E-state index >= 15 is 0 Å². The second kappa shape index (κ2) is 6.31. The van der Waals surface area contributed by atoms with Gasteiger partial charge in [0.2, 0.25) is 0 Å². The first kappa shape index (κ1) is 18.2. The highest BCUT2D eigenvalue weighted by atomic mass is 19.3. The molecule has 0 aliphatic rings. The summed E-state index contributed by atoms with van der Waals surface area (Å²) in [5, 5.41) is 19.4. The number of aromatic amines is 1. The van der Waals surface area contributed by atoms with E-state index < -0.39 is 17.0 Å². The number of nitrogens with one attached hydrogen (secondary N) is 1. The van der Waals surface area contributed by atoms with Crippen molar-refractivity contribution in [1.29, 1.82) is 0 Å². The van der Waals surface area contributed by atoms with E-state index in [1.165, 1.54) is 44.2 Å². The number of rotatable bonds is 5. The number of nitro groups is 1. The number of aryl methyl sites for hydroxylation is 2. The van der Waals surface area contributed by atoms with Crippen molar-refractivity contribution in [2.75, 3.05) is 0 Å². The van der Waals surface area contributed by atoms with E-state index in [0.29, 0.717) is 22.4 Å². The number of fused-ring (bicyclic) bond motifs is 1. The molecule has 140 valence electrons. The average molecular weight is 377 g/mol. The smallest absolute Gasteiger partial charge is 0.474 e.